The topological polar surface area (TPSA) is 88.0 Å². The molecule has 116 valence electrons. The molecule has 6 nitrogen and oxygen atoms in total. The fourth-order valence-electron chi connectivity index (χ4n) is 2.21. The first-order valence-electron chi connectivity index (χ1n) is 7.12. The zero-order chi connectivity index (χ0) is 16.2. The largest absolute Gasteiger partial charge is 0.361 e. The van der Waals surface area contributed by atoms with Gasteiger partial charge in [0.25, 0.3) is 11.5 Å². The van der Waals surface area contributed by atoms with E-state index in [-0.39, 0.29) is 12.1 Å². The van der Waals surface area contributed by atoms with E-state index < -0.39 is 11.5 Å². The van der Waals surface area contributed by atoms with Crippen molar-refractivity contribution in [2.75, 3.05) is 0 Å². The number of hydrogen-bond acceptors (Lipinski definition) is 4. The van der Waals surface area contributed by atoms with Crippen molar-refractivity contribution in [2.45, 2.75) is 13.5 Å². The average Bonchev–Trinajstić information content (AvgIpc) is 2.99. The maximum atomic E-state index is 12.1. The van der Waals surface area contributed by atoms with Crippen molar-refractivity contribution in [3.05, 3.63) is 75.9 Å². The third-order valence-electron chi connectivity index (χ3n) is 3.35. The van der Waals surface area contributed by atoms with E-state index in [9.17, 15) is 9.59 Å². The van der Waals surface area contributed by atoms with Crippen LogP contribution in [-0.4, -0.2) is 16.0 Å². The number of nitrogens with zero attached hydrogens (tertiary/aromatic N) is 1. The third-order valence-corrected chi connectivity index (χ3v) is 3.35. The molecule has 0 saturated heterocycles. The van der Waals surface area contributed by atoms with E-state index in [2.05, 4.69) is 15.5 Å². The van der Waals surface area contributed by atoms with Crippen LogP contribution in [-0.2, 0) is 6.54 Å². The SMILES string of the molecule is Cc1cc(CNC(=O)c2ccc(-c3ccccc3)[nH]c2=O)no1. The smallest absolute Gasteiger partial charge is 0.261 e. The minimum absolute atomic E-state index is 0.0601. The Bertz CT molecular complexity index is 881. The molecule has 0 spiro atoms. The van der Waals surface area contributed by atoms with Gasteiger partial charge < -0.3 is 14.8 Å². The molecule has 3 aromatic rings. The molecule has 0 unspecified atom stereocenters. The maximum Gasteiger partial charge on any atom is 0.261 e. The van der Waals surface area contributed by atoms with Gasteiger partial charge in [0, 0.05) is 11.8 Å². The van der Waals surface area contributed by atoms with Crippen LogP contribution in [0.2, 0.25) is 0 Å². The number of carbonyl (C=O) groups excluding carboxylic acids is 1. The van der Waals surface area contributed by atoms with Crippen LogP contribution in [0, 0.1) is 6.92 Å². The van der Waals surface area contributed by atoms with Crippen LogP contribution in [0.4, 0.5) is 0 Å². The summed E-state index contributed by atoms with van der Waals surface area (Å²) in [5.41, 5.74) is 1.78. The predicted molar refractivity (Wildman–Crippen MR) is 84.9 cm³/mol. The summed E-state index contributed by atoms with van der Waals surface area (Å²) in [6, 6.07) is 14.4. The quantitative estimate of drug-likeness (QED) is 0.774. The van der Waals surface area contributed by atoms with Gasteiger partial charge in [0.2, 0.25) is 0 Å². The number of nitrogens with one attached hydrogen (secondary N) is 2. The first-order valence-corrected chi connectivity index (χ1v) is 7.12. The molecular weight excluding hydrogens is 294 g/mol. The van der Waals surface area contributed by atoms with Crippen molar-refractivity contribution in [1.29, 1.82) is 0 Å². The summed E-state index contributed by atoms with van der Waals surface area (Å²) in [5, 5.41) is 6.43. The Labute approximate surface area is 132 Å². The number of amides is 1. The van der Waals surface area contributed by atoms with Crippen molar-refractivity contribution in [1.82, 2.24) is 15.5 Å². The van der Waals surface area contributed by atoms with Gasteiger partial charge in [-0.2, -0.15) is 0 Å². The van der Waals surface area contributed by atoms with Gasteiger partial charge >= 0.3 is 0 Å². The Kier molecular flexibility index (Phi) is 4.05. The molecule has 0 bridgehead atoms. The zero-order valence-electron chi connectivity index (χ0n) is 12.5. The highest BCUT2D eigenvalue weighted by Crippen LogP contribution is 2.14. The van der Waals surface area contributed by atoms with Crippen LogP contribution in [0.1, 0.15) is 21.8 Å². The highest BCUT2D eigenvalue weighted by molar-refractivity contribution is 5.94. The number of aromatic amines is 1. The molecule has 0 aliphatic carbocycles. The van der Waals surface area contributed by atoms with Crippen LogP contribution in [0.25, 0.3) is 11.3 Å². The second kappa shape index (κ2) is 6.31. The Morgan fingerprint density at radius 3 is 2.65 bits per heavy atom. The first-order chi connectivity index (χ1) is 11.1. The monoisotopic (exact) mass is 309 g/mol. The molecule has 1 aromatic carbocycles. The number of aryl methyl sites for hydroxylation is 1. The van der Waals surface area contributed by atoms with Gasteiger partial charge in [-0.1, -0.05) is 35.5 Å². The molecule has 0 radical (unpaired) electrons. The molecule has 0 fully saturated rings. The van der Waals surface area contributed by atoms with Gasteiger partial charge in [-0.25, -0.2) is 0 Å². The van der Waals surface area contributed by atoms with Crippen molar-refractivity contribution in [3.8, 4) is 11.3 Å². The molecule has 6 heteroatoms. The molecule has 0 aliphatic rings. The number of carbonyl (C=O) groups is 1. The van der Waals surface area contributed by atoms with Gasteiger partial charge in [0.05, 0.1) is 6.54 Å². The average molecular weight is 309 g/mol. The van der Waals surface area contributed by atoms with Gasteiger partial charge in [-0.3, -0.25) is 9.59 Å². The van der Waals surface area contributed by atoms with E-state index in [4.69, 9.17) is 4.52 Å². The van der Waals surface area contributed by atoms with Crippen LogP contribution >= 0.6 is 0 Å². The maximum absolute atomic E-state index is 12.1. The van der Waals surface area contributed by atoms with Crippen molar-refractivity contribution < 1.29 is 9.32 Å². The summed E-state index contributed by atoms with van der Waals surface area (Å²) in [5.74, 6) is 0.214. The first kappa shape index (κ1) is 14.8. The molecule has 0 aliphatic heterocycles. The van der Waals surface area contributed by atoms with Crippen molar-refractivity contribution in [3.63, 3.8) is 0 Å². The molecule has 0 atom stereocenters. The Morgan fingerprint density at radius 2 is 2.00 bits per heavy atom. The fourth-order valence-corrected chi connectivity index (χ4v) is 2.21. The zero-order valence-corrected chi connectivity index (χ0v) is 12.5. The lowest BCUT2D eigenvalue weighted by atomic mass is 10.1. The summed E-state index contributed by atoms with van der Waals surface area (Å²) in [4.78, 5) is 26.9. The number of benzene rings is 1. The number of aromatic nitrogens is 2. The van der Waals surface area contributed by atoms with Gasteiger partial charge in [0.15, 0.2) is 0 Å². The summed E-state index contributed by atoms with van der Waals surface area (Å²) in [7, 11) is 0. The molecular formula is C17H15N3O3. The molecule has 0 saturated carbocycles. The Balaban J connectivity index is 1.75. The Morgan fingerprint density at radius 1 is 1.22 bits per heavy atom. The number of pyridine rings is 1. The van der Waals surface area contributed by atoms with Crippen LogP contribution in [0.5, 0.6) is 0 Å². The minimum atomic E-state index is -0.452. The normalized spacial score (nSPS) is 10.5. The van der Waals surface area contributed by atoms with Gasteiger partial charge in [-0.15, -0.1) is 0 Å². The highest BCUT2D eigenvalue weighted by atomic mass is 16.5. The van der Waals surface area contributed by atoms with E-state index in [1.165, 1.54) is 6.07 Å². The lowest BCUT2D eigenvalue weighted by Gasteiger charge is -2.05. The summed E-state index contributed by atoms with van der Waals surface area (Å²) < 4.78 is 4.92. The van der Waals surface area contributed by atoms with E-state index >= 15 is 0 Å². The van der Waals surface area contributed by atoms with Gasteiger partial charge in [0.1, 0.15) is 17.0 Å². The number of rotatable bonds is 4. The van der Waals surface area contributed by atoms with E-state index in [0.717, 1.165) is 5.56 Å². The molecule has 3 rings (SSSR count). The number of hydrogen-bond donors (Lipinski definition) is 2. The Hall–Kier alpha value is -3.15. The fraction of sp³-hybridized carbons (Fsp3) is 0.118. The van der Waals surface area contributed by atoms with Crippen molar-refractivity contribution in [2.24, 2.45) is 0 Å². The van der Waals surface area contributed by atoms with Crippen molar-refractivity contribution >= 4 is 5.91 Å². The second-order valence-corrected chi connectivity index (χ2v) is 5.09. The summed E-state index contributed by atoms with van der Waals surface area (Å²) in [6.45, 7) is 1.97. The standard InChI is InChI=1S/C17H15N3O3/c1-11-9-13(20-23-11)10-18-16(21)14-7-8-15(19-17(14)22)12-5-3-2-4-6-12/h2-9H,10H2,1H3,(H,18,21)(H,19,22). The molecule has 2 heterocycles. The molecule has 1 amide bonds. The highest BCUT2D eigenvalue weighted by Gasteiger charge is 2.12. The van der Waals surface area contributed by atoms with E-state index in [1.807, 2.05) is 30.3 Å². The van der Waals surface area contributed by atoms with Crippen LogP contribution < -0.4 is 10.9 Å². The molecule has 2 aromatic heterocycles. The predicted octanol–water partition coefficient (Wildman–Crippen LogP) is 2.27. The third kappa shape index (κ3) is 3.37. The lowest BCUT2D eigenvalue weighted by molar-refractivity contribution is 0.0948. The lowest BCUT2D eigenvalue weighted by Crippen LogP contribution is -2.29. The summed E-state index contributed by atoms with van der Waals surface area (Å²) >= 11 is 0. The number of H-pyrrole nitrogens is 1. The van der Waals surface area contributed by atoms with E-state index in [0.29, 0.717) is 17.1 Å². The minimum Gasteiger partial charge on any atom is -0.361 e. The molecule has 23 heavy (non-hydrogen) atoms. The van der Waals surface area contributed by atoms with Crippen LogP contribution in [0.15, 0.2) is 57.8 Å². The summed E-state index contributed by atoms with van der Waals surface area (Å²) in [6.07, 6.45) is 0. The van der Waals surface area contributed by atoms with Crippen LogP contribution in [0.3, 0.4) is 0 Å². The molecule has 2 N–H and O–H groups in total. The second-order valence-electron chi connectivity index (χ2n) is 5.09. The van der Waals surface area contributed by atoms with Gasteiger partial charge in [-0.05, 0) is 24.6 Å². The van der Waals surface area contributed by atoms with E-state index in [1.54, 1.807) is 19.1 Å².